The Bertz CT molecular complexity index is 1380. The number of rotatable bonds is 5. The molecule has 1 fully saturated rings. The Morgan fingerprint density at radius 1 is 1.00 bits per heavy atom. The quantitative estimate of drug-likeness (QED) is 0.401. The SMILES string of the molecule is Cc1ccc(S(=O)(=O)N2CCN(C(=O)c3nnn(-c4cccc([N+](=O)[O-])c4)c3C)CC2)cc1C. The van der Waals surface area contributed by atoms with Crippen molar-refractivity contribution in [1.82, 2.24) is 24.2 Å². The third kappa shape index (κ3) is 4.29. The second-order valence-corrected chi connectivity index (χ2v) is 10.1. The van der Waals surface area contributed by atoms with Crippen molar-refractivity contribution < 1.29 is 18.1 Å². The predicted octanol–water partition coefficient (Wildman–Crippen LogP) is 2.25. The zero-order chi connectivity index (χ0) is 24.6. The number of benzene rings is 2. The number of nitro groups is 1. The molecule has 0 atom stereocenters. The molecule has 1 aliphatic rings. The Kier molecular flexibility index (Phi) is 6.19. The first-order chi connectivity index (χ1) is 16.1. The molecule has 0 aliphatic carbocycles. The topological polar surface area (TPSA) is 132 Å². The smallest absolute Gasteiger partial charge is 0.276 e. The molecule has 2 aromatic carbocycles. The molecule has 12 heteroatoms. The van der Waals surface area contributed by atoms with E-state index in [1.165, 1.54) is 27.2 Å². The lowest BCUT2D eigenvalue weighted by Gasteiger charge is -2.33. The molecule has 2 heterocycles. The molecule has 4 rings (SSSR count). The van der Waals surface area contributed by atoms with Gasteiger partial charge in [-0.15, -0.1) is 5.10 Å². The van der Waals surface area contributed by atoms with Gasteiger partial charge in [0.1, 0.15) is 0 Å². The zero-order valence-electron chi connectivity index (χ0n) is 19.0. The van der Waals surface area contributed by atoms with Crippen molar-refractivity contribution in [3.05, 3.63) is 75.1 Å². The highest BCUT2D eigenvalue weighted by Gasteiger charge is 2.32. The van der Waals surface area contributed by atoms with Crippen molar-refractivity contribution in [3.63, 3.8) is 0 Å². The number of carbonyl (C=O) groups is 1. The molecule has 0 N–H and O–H groups in total. The predicted molar refractivity (Wildman–Crippen MR) is 123 cm³/mol. The van der Waals surface area contributed by atoms with E-state index in [2.05, 4.69) is 10.3 Å². The van der Waals surface area contributed by atoms with Crippen LogP contribution in [0, 0.1) is 30.9 Å². The first kappa shape index (κ1) is 23.5. The molecular formula is C22H24N6O5S. The van der Waals surface area contributed by atoms with Crippen molar-refractivity contribution in [2.45, 2.75) is 25.7 Å². The van der Waals surface area contributed by atoms with Gasteiger partial charge in [0.05, 0.1) is 21.2 Å². The van der Waals surface area contributed by atoms with Crippen molar-refractivity contribution in [3.8, 4) is 5.69 Å². The average molecular weight is 485 g/mol. The van der Waals surface area contributed by atoms with E-state index in [1.807, 2.05) is 13.8 Å². The van der Waals surface area contributed by atoms with Gasteiger partial charge in [0.25, 0.3) is 11.6 Å². The molecule has 0 bridgehead atoms. The minimum Gasteiger partial charge on any atom is -0.335 e. The molecule has 0 unspecified atom stereocenters. The molecule has 1 amide bonds. The van der Waals surface area contributed by atoms with Gasteiger partial charge < -0.3 is 4.90 Å². The van der Waals surface area contributed by atoms with Gasteiger partial charge in [-0.1, -0.05) is 17.3 Å². The zero-order valence-corrected chi connectivity index (χ0v) is 19.8. The van der Waals surface area contributed by atoms with Crippen LogP contribution in [0.2, 0.25) is 0 Å². The normalized spacial score (nSPS) is 14.9. The van der Waals surface area contributed by atoms with Crippen LogP contribution < -0.4 is 0 Å². The summed E-state index contributed by atoms with van der Waals surface area (Å²) in [7, 11) is -3.66. The number of nitrogens with zero attached hydrogens (tertiary/aromatic N) is 6. The summed E-state index contributed by atoms with van der Waals surface area (Å²) in [5.41, 5.74) is 2.80. The van der Waals surface area contributed by atoms with Gasteiger partial charge in [-0.3, -0.25) is 14.9 Å². The van der Waals surface area contributed by atoms with E-state index in [1.54, 1.807) is 36.1 Å². The lowest BCUT2D eigenvalue weighted by Crippen LogP contribution is -2.50. The van der Waals surface area contributed by atoms with E-state index in [9.17, 15) is 23.3 Å². The molecule has 0 spiro atoms. The number of non-ortho nitro benzene ring substituents is 1. The molecule has 3 aromatic rings. The van der Waals surface area contributed by atoms with E-state index >= 15 is 0 Å². The second-order valence-electron chi connectivity index (χ2n) is 8.15. The van der Waals surface area contributed by atoms with Gasteiger partial charge >= 0.3 is 0 Å². The minimum atomic E-state index is -3.66. The average Bonchev–Trinajstić information content (AvgIpc) is 3.21. The monoisotopic (exact) mass is 484 g/mol. The van der Waals surface area contributed by atoms with Gasteiger partial charge in [0.15, 0.2) is 5.69 Å². The van der Waals surface area contributed by atoms with E-state index in [4.69, 9.17) is 0 Å². The standard InChI is InChI=1S/C22H24N6O5S/c1-15-7-8-20(13-16(15)2)34(32,33)26-11-9-25(10-12-26)22(29)21-17(3)27(24-23-21)18-5-4-6-19(14-18)28(30)31/h4-8,13-14H,9-12H2,1-3H3. The summed E-state index contributed by atoms with van der Waals surface area (Å²) in [5, 5.41) is 19.1. The van der Waals surface area contributed by atoms with Gasteiger partial charge in [-0.2, -0.15) is 4.31 Å². The maximum absolute atomic E-state index is 13.1. The van der Waals surface area contributed by atoms with E-state index in [-0.39, 0.29) is 48.4 Å². The molecule has 0 radical (unpaired) electrons. The van der Waals surface area contributed by atoms with E-state index in [0.29, 0.717) is 11.4 Å². The Morgan fingerprint density at radius 2 is 1.71 bits per heavy atom. The Morgan fingerprint density at radius 3 is 2.35 bits per heavy atom. The number of aromatic nitrogens is 3. The fraction of sp³-hybridized carbons (Fsp3) is 0.318. The summed E-state index contributed by atoms with van der Waals surface area (Å²) in [4.78, 5) is 25.4. The van der Waals surface area contributed by atoms with Gasteiger partial charge in [-0.25, -0.2) is 13.1 Å². The van der Waals surface area contributed by atoms with E-state index in [0.717, 1.165) is 11.1 Å². The maximum atomic E-state index is 13.1. The summed E-state index contributed by atoms with van der Waals surface area (Å²) in [6.07, 6.45) is 0. The molecule has 178 valence electrons. The first-order valence-corrected chi connectivity index (χ1v) is 12.1. The number of piperazine rings is 1. The number of amides is 1. The Labute approximate surface area is 196 Å². The largest absolute Gasteiger partial charge is 0.335 e. The Hall–Kier alpha value is -3.64. The fourth-order valence-corrected chi connectivity index (χ4v) is 5.32. The van der Waals surface area contributed by atoms with Crippen LogP contribution in [0.25, 0.3) is 5.69 Å². The highest BCUT2D eigenvalue weighted by atomic mass is 32.2. The number of hydrogen-bond acceptors (Lipinski definition) is 7. The molecule has 1 saturated heterocycles. The number of sulfonamides is 1. The third-order valence-corrected chi connectivity index (χ3v) is 7.92. The van der Waals surface area contributed by atoms with Gasteiger partial charge in [0, 0.05) is 38.3 Å². The fourth-order valence-electron chi connectivity index (χ4n) is 3.82. The van der Waals surface area contributed by atoms with Crippen LogP contribution in [-0.2, 0) is 10.0 Å². The summed E-state index contributed by atoms with van der Waals surface area (Å²) >= 11 is 0. The number of carbonyl (C=O) groups excluding carboxylic acids is 1. The van der Waals surface area contributed by atoms with Crippen LogP contribution in [0.5, 0.6) is 0 Å². The lowest BCUT2D eigenvalue weighted by atomic mass is 10.1. The maximum Gasteiger partial charge on any atom is 0.276 e. The van der Waals surface area contributed by atoms with Crippen LogP contribution in [0.4, 0.5) is 5.69 Å². The van der Waals surface area contributed by atoms with E-state index < -0.39 is 14.9 Å². The van der Waals surface area contributed by atoms with Crippen LogP contribution in [0.15, 0.2) is 47.4 Å². The summed E-state index contributed by atoms with van der Waals surface area (Å²) < 4.78 is 28.8. The van der Waals surface area contributed by atoms with Crippen molar-refractivity contribution in [2.75, 3.05) is 26.2 Å². The lowest BCUT2D eigenvalue weighted by molar-refractivity contribution is -0.384. The van der Waals surface area contributed by atoms with Gasteiger partial charge in [-0.05, 0) is 50.1 Å². The van der Waals surface area contributed by atoms with Crippen LogP contribution in [0.1, 0.15) is 27.3 Å². The minimum absolute atomic E-state index is 0.0959. The summed E-state index contributed by atoms with van der Waals surface area (Å²) in [6, 6.07) is 10.9. The summed E-state index contributed by atoms with van der Waals surface area (Å²) in [6.45, 7) is 6.21. The van der Waals surface area contributed by atoms with Crippen LogP contribution in [0.3, 0.4) is 0 Å². The van der Waals surface area contributed by atoms with Crippen molar-refractivity contribution >= 4 is 21.6 Å². The van der Waals surface area contributed by atoms with Crippen LogP contribution >= 0.6 is 0 Å². The molecule has 1 aromatic heterocycles. The third-order valence-electron chi connectivity index (χ3n) is 6.02. The van der Waals surface area contributed by atoms with Gasteiger partial charge in [0.2, 0.25) is 10.0 Å². The Balaban J connectivity index is 1.48. The molecule has 11 nitrogen and oxygen atoms in total. The number of nitro benzene ring substituents is 1. The number of hydrogen-bond donors (Lipinski definition) is 0. The molecule has 1 aliphatic heterocycles. The number of aryl methyl sites for hydroxylation is 2. The highest BCUT2D eigenvalue weighted by molar-refractivity contribution is 7.89. The van der Waals surface area contributed by atoms with Crippen molar-refractivity contribution in [2.24, 2.45) is 0 Å². The van der Waals surface area contributed by atoms with Crippen LogP contribution in [-0.4, -0.2) is 69.6 Å². The second kappa shape index (κ2) is 8.95. The first-order valence-electron chi connectivity index (χ1n) is 10.6. The summed E-state index contributed by atoms with van der Waals surface area (Å²) in [5.74, 6) is -0.364. The molecule has 0 saturated carbocycles. The molecular weight excluding hydrogens is 460 g/mol. The molecule has 34 heavy (non-hydrogen) atoms. The van der Waals surface area contributed by atoms with Crippen molar-refractivity contribution in [1.29, 1.82) is 0 Å². The highest BCUT2D eigenvalue weighted by Crippen LogP contribution is 2.22.